The van der Waals surface area contributed by atoms with Crippen molar-refractivity contribution in [2.75, 3.05) is 11.9 Å². The van der Waals surface area contributed by atoms with Crippen LogP contribution in [0.1, 0.15) is 39.4 Å². The molecule has 2 atom stereocenters. The molecule has 0 fully saturated rings. The van der Waals surface area contributed by atoms with Crippen molar-refractivity contribution in [1.29, 1.82) is 0 Å². The van der Waals surface area contributed by atoms with E-state index in [1.165, 1.54) is 6.07 Å². The van der Waals surface area contributed by atoms with Gasteiger partial charge in [0.25, 0.3) is 5.56 Å². The molecule has 0 aromatic carbocycles. The molecule has 1 aromatic heterocycles. The summed E-state index contributed by atoms with van der Waals surface area (Å²) < 4.78 is 0. The van der Waals surface area contributed by atoms with E-state index in [-0.39, 0.29) is 30.0 Å². The number of nitrogens with one attached hydrogen (secondary N) is 2. The summed E-state index contributed by atoms with van der Waals surface area (Å²) in [5.74, 6) is 1.52. The summed E-state index contributed by atoms with van der Waals surface area (Å²) >= 11 is 0. The number of hydrogen-bond acceptors (Lipinski definition) is 4. The average Bonchev–Trinajstić information content (AvgIpc) is 2.26. The van der Waals surface area contributed by atoms with Crippen LogP contribution >= 0.6 is 0 Å². The molecule has 3 N–H and O–H groups in total. The maximum absolute atomic E-state index is 11.5. The van der Waals surface area contributed by atoms with Gasteiger partial charge in [0, 0.05) is 24.6 Å². The second-order valence-corrected chi connectivity index (χ2v) is 4.76. The molecule has 17 heavy (non-hydrogen) atoms. The van der Waals surface area contributed by atoms with Gasteiger partial charge in [-0.2, -0.15) is 0 Å². The monoisotopic (exact) mass is 239 g/mol. The minimum Gasteiger partial charge on any atom is -0.396 e. The highest BCUT2D eigenvalue weighted by Crippen LogP contribution is 2.12. The van der Waals surface area contributed by atoms with E-state index < -0.39 is 0 Å². The van der Waals surface area contributed by atoms with E-state index in [1.807, 2.05) is 27.7 Å². The first-order valence-corrected chi connectivity index (χ1v) is 5.92. The largest absolute Gasteiger partial charge is 0.396 e. The Bertz CT molecular complexity index is 414. The van der Waals surface area contributed by atoms with Crippen LogP contribution in [0.5, 0.6) is 0 Å². The van der Waals surface area contributed by atoms with Crippen molar-refractivity contribution in [1.82, 2.24) is 9.97 Å². The summed E-state index contributed by atoms with van der Waals surface area (Å²) in [6, 6.07) is 1.50. The lowest BCUT2D eigenvalue weighted by molar-refractivity contribution is 0.226. The quantitative estimate of drug-likeness (QED) is 0.724. The van der Waals surface area contributed by atoms with Gasteiger partial charge in [0.15, 0.2) is 0 Å². The number of H-pyrrole nitrogens is 1. The molecular formula is C12H21N3O2. The number of aliphatic hydroxyl groups is 1. The van der Waals surface area contributed by atoms with Crippen LogP contribution in [0.15, 0.2) is 10.9 Å². The van der Waals surface area contributed by atoms with Crippen LogP contribution in [0.3, 0.4) is 0 Å². The first-order valence-electron chi connectivity index (χ1n) is 5.92. The average molecular weight is 239 g/mol. The van der Waals surface area contributed by atoms with Gasteiger partial charge in [-0.05, 0) is 12.8 Å². The Morgan fingerprint density at radius 1 is 1.41 bits per heavy atom. The molecule has 0 aliphatic carbocycles. The van der Waals surface area contributed by atoms with Gasteiger partial charge in [0.2, 0.25) is 0 Å². The Balaban J connectivity index is 2.88. The summed E-state index contributed by atoms with van der Waals surface area (Å²) in [6.45, 7) is 7.95. The van der Waals surface area contributed by atoms with Gasteiger partial charge in [-0.25, -0.2) is 4.98 Å². The summed E-state index contributed by atoms with van der Waals surface area (Å²) in [5.41, 5.74) is -0.157. The van der Waals surface area contributed by atoms with E-state index >= 15 is 0 Å². The Morgan fingerprint density at radius 3 is 2.59 bits per heavy atom. The molecule has 0 bridgehead atoms. The number of aromatic nitrogens is 2. The molecule has 2 unspecified atom stereocenters. The van der Waals surface area contributed by atoms with Gasteiger partial charge in [0.05, 0.1) is 0 Å². The Kier molecular flexibility index (Phi) is 4.69. The lowest BCUT2D eigenvalue weighted by atomic mass is 10.1. The van der Waals surface area contributed by atoms with Gasteiger partial charge < -0.3 is 15.4 Å². The zero-order valence-corrected chi connectivity index (χ0v) is 10.8. The van der Waals surface area contributed by atoms with E-state index in [2.05, 4.69) is 15.3 Å². The predicted molar refractivity (Wildman–Crippen MR) is 68.3 cm³/mol. The van der Waals surface area contributed by atoms with Crippen molar-refractivity contribution < 1.29 is 5.11 Å². The molecule has 0 aliphatic rings. The molecule has 96 valence electrons. The van der Waals surface area contributed by atoms with Crippen LogP contribution < -0.4 is 10.9 Å². The number of hydrogen-bond donors (Lipinski definition) is 3. The number of nitrogens with zero attached hydrogens (tertiary/aromatic N) is 1. The zero-order chi connectivity index (χ0) is 13.0. The highest BCUT2D eigenvalue weighted by molar-refractivity contribution is 5.34. The van der Waals surface area contributed by atoms with E-state index in [0.717, 1.165) is 0 Å². The van der Waals surface area contributed by atoms with Crippen molar-refractivity contribution in [3.8, 4) is 0 Å². The minimum absolute atomic E-state index is 0.0642. The topological polar surface area (TPSA) is 78.0 Å². The molecule has 1 rings (SSSR count). The van der Waals surface area contributed by atoms with E-state index in [1.54, 1.807) is 0 Å². The molecular weight excluding hydrogens is 218 g/mol. The smallest absolute Gasteiger partial charge is 0.252 e. The van der Waals surface area contributed by atoms with Gasteiger partial charge >= 0.3 is 0 Å². The summed E-state index contributed by atoms with van der Waals surface area (Å²) in [7, 11) is 0. The third kappa shape index (κ3) is 3.85. The Labute approximate surface area is 101 Å². The van der Waals surface area contributed by atoms with E-state index in [9.17, 15) is 4.79 Å². The fraction of sp³-hybridized carbons (Fsp3) is 0.667. The second-order valence-electron chi connectivity index (χ2n) is 4.76. The molecule has 1 heterocycles. The predicted octanol–water partition coefficient (Wildman–Crippen LogP) is 1.32. The van der Waals surface area contributed by atoms with Crippen molar-refractivity contribution in [2.24, 2.45) is 5.92 Å². The number of aliphatic hydroxyl groups excluding tert-OH is 1. The van der Waals surface area contributed by atoms with Crippen LogP contribution in [0, 0.1) is 5.92 Å². The second kappa shape index (κ2) is 5.82. The van der Waals surface area contributed by atoms with Crippen LogP contribution in [-0.2, 0) is 0 Å². The highest BCUT2D eigenvalue weighted by atomic mass is 16.3. The number of aromatic amines is 1. The normalized spacial score (nSPS) is 14.7. The number of rotatable bonds is 5. The molecule has 5 nitrogen and oxygen atoms in total. The highest BCUT2D eigenvalue weighted by Gasteiger charge is 2.12. The van der Waals surface area contributed by atoms with Gasteiger partial charge in [-0.1, -0.05) is 20.8 Å². The maximum atomic E-state index is 11.5. The van der Waals surface area contributed by atoms with E-state index in [0.29, 0.717) is 11.6 Å². The Hall–Kier alpha value is -1.36. The Morgan fingerprint density at radius 2 is 2.06 bits per heavy atom. The third-order valence-electron chi connectivity index (χ3n) is 2.82. The van der Waals surface area contributed by atoms with Gasteiger partial charge in [-0.15, -0.1) is 0 Å². The van der Waals surface area contributed by atoms with Crippen molar-refractivity contribution >= 4 is 5.82 Å². The summed E-state index contributed by atoms with van der Waals surface area (Å²) in [4.78, 5) is 18.5. The summed E-state index contributed by atoms with van der Waals surface area (Å²) in [6.07, 6.45) is 0. The van der Waals surface area contributed by atoms with Crippen LogP contribution in [-0.4, -0.2) is 27.7 Å². The fourth-order valence-corrected chi connectivity index (χ4v) is 1.36. The van der Waals surface area contributed by atoms with Crippen LogP contribution in [0.4, 0.5) is 5.82 Å². The first kappa shape index (κ1) is 13.7. The van der Waals surface area contributed by atoms with E-state index in [4.69, 9.17) is 5.11 Å². The van der Waals surface area contributed by atoms with Crippen molar-refractivity contribution in [3.05, 3.63) is 22.2 Å². The van der Waals surface area contributed by atoms with Gasteiger partial charge in [0.1, 0.15) is 11.6 Å². The molecule has 0 spiro atoms. The molecule has 0 aliphatic heterocycles. The summed E-state index contributed by atoms with van der Waals surface area (Å²) in [5, 5.41) is 12.2. The number of anilines is 1. The fourth-order valence-electron chi connectivity index (χ4n) is 1.36. The SMILES string of the molecule is CC(C)c1nc(NC(C)C(C)CO)cc(=O)[nH]1. The van der Waals surface area contributed by atoms with Crippen molar-refractivity contribution in [3.63, 3.8) is 0 Å². The molecule has 0 saturated heterocycles. The lowest BCUT2D eigenvalue weighted by Gasteiger charge is -2.20. The molecule has 5 heteroatoms. The third-order valence-corrected chi connectivity index (χ3v) is 2.82. The lowest BCUT2D eigenvalue weighted by Crippen LogP contribution is -2.28. The first-order chi connectivity index (χ1) is 7.93. The molecule has 1 aromatic rings. The minimum atomic E-state index is -0.157. The van der Waals surface area contributed by atoms with Gasteiger partial charge in [-0.3, -0.25) is 4.79 Å². The van der Waals surface area contributed by atoms with Crippen LogP contribution in [0.25, 0.3) is 0 Å². The zero-order valence-electron chi connectivity index (χ0n) is 10.8. The maximum Gasteiger partial charge on any atom is 0.252 e. The van der Waals surface area contributed by atoms with Crippen LogP contribution in [0.2, 0.25) is 0 Å². The molecule has 0 radical (unpaired) electrons. The molecule has 0 saturated carbocycles. The van der Waals surface area contributed by atoms with Crippen molar-refractivity contribution in [2.45, 2.75) is 39.7 Å². The molecule has 0 amide bonds. The standard InChI is InChI=1S/C12H21N3O2/c1-7(2)12-14-10(5-11(17)15-12)13-9(4)8(3)6-16/h5,7-9,16H,6H2,1-4H3,(H2,13,14,15,17).